The van der Waals surface area contributed by atoms with Crippen LogP contribution in [0.5, 0.6) is 0 Å². The zero-order valence-electron chi connectivity index (χ0n) is 12.0. The number of carbonyl (C=O) groups is 3. The largest absolute Gasteiger partial charge is 0.360 e. The molecule has 0 spiro atoms. The Labute approximate surface area is 125 Å². The topological polar surface area (TPSA) is 92.5 Å². The van der Waals surface area contributed by atoms with Gasteiger partial charge in [0.2, 0.25) is 0 Å². The van der Waals surface area contributed by atoms with Crippen molar-refractivity contribution in [1.82, 2.24) is 10.1 Å². The molecule has 0 saturated carbocycles. The molecule has 2 heterocycles. The van der Waals surface area contributed by atoms with Crippen LogP contribution in [0.1, 0.15) is 43.8 Å². The minimum absolute atomic E-state index is 0.246. The van der Waals surface area contributed by atoms with Crippen molar-refractivity contribution in [1.29, 1.82) is 0 Å². The number of nitrogens with zero attached hydrogens (tertiary/aromatic N) is 2. The van der Waals surface area contributed by atoms with Gasteiger partial charge in [-0.25, -0.2) is 0 Å². The van der Waals surface area contributed by atoms with Gasteiger partial charge in [0.05, 0.1) is 11.1 Å². The van der Waals surface area contributed by atoms with E-state index in [9.17, 15) is 14.4 Å². The van der Waals surface area contributed by atoms with Crippen molar-refractivity contribution >= 4 is 23.5 Å². The van der Waals surface area contributed by atoms with E-state index in [1.54, 1.807) is 19.9 Å². The molecule has 112 valence electrons. The van der Waals surface area contributed by atoms with Crippen LogP contribution in [0, 0.1) is 6.92 Å². The summed E-state index contributed by atoms with van der Waals surface area (Å²) in [6, 6.07) is 6.01. The van der Waals surface area contributed by atoms with E-state index in [4.69, 9.17) is 4.52 Å². The number of benzene rings is 1. The quantitative estimate of drug-likeness (QED) is 0.873. The highest BCUT2D eigenvalue weighted by Crippen LogP contribution is 2.24. The average Bonchev–Trinajstić information content (AvgIpc) is 3.01. The molecular formula is C15H13N3O4. The van der Waals surface area contributed by atoms with E-state index >= 15 is 0 Å². The summed E-state index contributed by atoms with van der Waals surface area (Å²) in [6.07, 6.45) is 0. The van der Waals surface area contributed by atoms with Crippen LogP contribution < -0.4 is 5.32 Å². The summed E-state index contributed by atoms with van der Waals surface area (Å²) in [7, 11) is 0. The molecule has 22 heavy (non-hydrogen) atoms. The number of aryl methyl sites for hydroxylation is 1. The average molecular weight is 299 g/mol. The highest BCUT2D eigenvalue weighted by molar-refractivity contribution is 6.22. The summed E-state index contributed by atoms with van der Waals surface area (Å²) < 4.78 is 4.86. The lowest BCUT2D eigenvalue weighted by molar-refractivity contribution is 0.0662. The maximum Gasteiger partial charge on any atom is 0.261 e. The standard InChI is InChI=1S/C15H13N3O4/c1-3-18-14(20)10-5-4-9(7-11(10)15(18)21)13(19)16-12-6-8(2)22-17-12/h4-7H,3H2,1-2H3,(H,16,17,19). The fraction of sp³-hybridized carbons (Fsp3) is 0.200. The summed E-state index contributed by atoms with van der Waals surface area (Å²) in [5.41, 5.74) is 0.843. The van der Waals surface area contributed by atoms with Gasteiger partial charge < -0.3 is 9.84 Å². The molecule has 1 aliphatic heterocycles. The van der Waals surface area contributed by atoms with E-state index < -0.39 is 5.91 Å². The summed E-state index contributed by atoms with van der Waals surface area (Å²) in [6.45, 7) is 3.73. The fourth-order valence-corrected chi connectivity index (χ4v) is 2.33. The van der Waals surface area contributed by atoms with Crippen LogP contribution in [0.25, 0.3) is 0 Å². The molecule has 1 aromatic heterocycles. The second kappa shape index (κ2) is 5.10. The van der Waals surface area contributed by atoms with Gasteiger partial charge in [0.1, 0.15) is 5.76 Å². The molecule has 0 radical (unpaired) electrons. The summed E-state index contributed by atoms with van der Waals surface area (Å²) in [5, 5.41) is 6.24. The van der Waals surface area contributed by atoms with Gasteiger partial charge in [-0.2, -0.15) is 0 Å². The molecule has 3 rings (SSSR count). The van der Waals surface area contributed by atoms with Crippen LogP contribution in [0.2, 0.25) is 0 Å². The van der Waals surface area contributed by atoms with Crippen LogP contribution >= 0.6 is 0 Å². The van der Waals surface area contributed by atoms with E-state index in [1.807, 2.05) is 0 Å². The third kappa shape index (κ3) is 2.16. The van der Waals surface area contributed by atoms with Crippen molar-refractivity contribution in [2.75, 3.05) is 11.9 Å². The minimum Gasteiger partial charge on any atom is -0.360 e. The summed E-state index contributed by atoms with van der Waals surface area (Å²) in [4.78, 5) is 37.4. The van der Waals surface area contributed by atoms with Crippen molar-refractivity contribution in [3.63, 3.8) is 0 Å². The first-order valence-corrected chi connectivity index (χ1v) is 6.76. The van der Waals surface area contributed by atoms with Crippen LogP contribution in [0.15, 0.2) is 28.8 Å². The van der Waals surface area contributed by atoms with Crippen molar-refractivity contribution in [2.45, 2.75) is 13.8 Å². The lowest BCUT2D eigenvalue weighted by Gasteiger charge is -2.08. The molecule has 1 N–H and O–H groups in total. The second-order valence-corrected chi connectivity index (χ2v) is 4.89. The van der Waals surface area contributed by atoms with Crippen molar-refractivity contribution in [3.8, 4) is 0 Å². The number of aromatic nitrogens is 1. The highest BCUT2D eigenvalue weighted by atomic mass is 16.5. The van der Waals surface area contributed by atoms with Gasteiger partial charge in [-0.15, -0.1) is 0 Å². The number of hydrogen-bond donors (Lipinski definition) is 1. The molecule has 2 aromatic rings. The van der Waals surface area contributed by atoms with E-state index in [-0.39, 0.29) is 22.9 Å². The second-order valence-electron chi connectivity index (χ2n) is 4.89. The van der Waals surface area contributed by atoms with E-state index in [2.05, 4.69) is 10.5 Å². The van der Waals surface area contributed by atoms with Crippen molar-refractivity contribution < 1.29 is 18.9 Å². The van der Waals surface area contributed by atoms with Gasteiger partial charge in [-0.3, -0.25) is 19.3 Å². The molecule has 0 bridgehead atoms. The van der Waals surface area contributed by atoms with Crippen LogP contribution in [0.3, 0.4) is 0 Å². The molecule has 0 unspecified atom stereocenters. The number of imide groups is 1. The van der Waals surface area contributed by atoms with Crippen LogP contribution in [-0.2, 0) is 0 Å². The Bertz CT molecular complexity index is 794. The number of rotatable bonds is 3. The summed E-state index contributed by atoms with van der Waals surface area (Å²) >= 11 is 0. The molecule has 0 aliphatic carbocycles. The zero-order chi connectivity index (χ0) is 15.9. The number of carbonyl (C=O) groups excluding carboxylic acids is 3. The Balaban J connectivity index is 1.89. The molecule has 1 aromatic carbocycles. The van der Waals surface area contributed by atoms with Gasteiger partial charge in [0.25, 0.3) is 17.7 Å². The molecule has 0 saturated heterocycles. The monoisotopic (exact) mass is 299 g/mol. The predicted molar refractivity (Wildman–Crippen MR) is 76.7 cm³/mol. The van der Waals surface area contributed by atoms with Gasteiger partial charge in [0, 0.05) is 18.2 Å². The maximum absolute atomic E-state index is 12.2. The van der Waals surface area contributed by atoms with E-state index in [0.717, 1.165) is 4.90 Å². The zero-order valence-corrected chi connectivity index (χ0v) is 12.0. The molecule has 1 aliphatic rings. The third-order valence-electron chi connectivity index (χ3n) is 3.42. The van der Waals surface area contributed by atoms with Crippen LogP contribution in [-0.4, -0.2) is 34.3 Å². The Hall–Kier alpha value is -2.96. The lowest BCUT2D eigenvalue weighted by atomic mass is 10.1. The SMILES string of the molecule is CCN1C(=O)c2ccc(C(=O)Nc3cc(C)on3)cc2C1=O. The third-order valence-corrected chi connectivity index (χ3v) is 3.42. The number of fused-ring (bicyclic) bond motifs is 1. The lowest BCUT2D eigenvalue weighted by Crippen LogP contribution is -2.29. The molecular weight excluding hydrogens is 286 g/mol. The number of anilines is 1. The highest BCUT2D eigenvalue weighted by Gasteiger charge is 2.34. The molecule has 0 atom stereocenters. The van der Waals surface area contributed by atoms with Gasteiger partial charge >= 0.3 is 0 Å². The molecule has 3 amide bonds. The first-order chi connectivity index (χ1) is 10.5. The van der Waals surface area contributed by atoms with Crippen molar-refractivity contribution in [3.05, 3.63) is 46.7 Å². The molecule has 0 fully saturated rings. The number of hydrogen-bond acceptors (Lipinski definition) is 5. The minimum atomic E-state index is -0.425. The number of amides is 3. The van der Waals surface area contributed by atoms with Gasteiger partial charge in [-0.05, 0) is 32.0 Å². The summed E-state index contributed by atoms with van der Waals surface area (Å²) in [5.74, 6) is -0.272. The number of nitrogens with one attached hydrogen (secondary N) is 1. The Morgan fingerprint density at radius 1 is 1.23 bits per heavy atom. The maximum atomic E-state index is 12.2. The van der Waals surface area contributed by atoms with E-state index in [0.29, 0.717) is 23.7 Å². The first-order valence-electron chi connectivity index (χ1n) is 6.76. The van der Waals surface area contributed by atoms with Gasteiger partial charge in [-0.1, -0.05) is 5.16 Å². The van der Waals surface area contributed by atoms with E-state index in [1.165, 1.54) is 18.2 Å². The Morgan fingerprint density at radius 3 is 2.59 bits per heavy atom. The predicted octanol–water partition coefficient (Wildman–Crippen LogP) is 1.85. The normalized spacial score (nSPS) is 13.5. The molecule has 7 nitrogen and oxygen atoms in total. The first kappa shape index (κ1) is 14.0. The Kier molecular flexibility index (Phi) is 3.25. The Morgan fingerprint density at radius 2 is 1.95 bits per heavy atom. The van der Waals surface area contributed by atoms with Crippen LogP contribution in [0.4, 0.5) is 5.82 Å². The molecule has 7 heteroatoms. The smallest absolute Gasteiger partial charge is 0.261 e. The van der Waals surface area contributed by atoms with Crippen molar-refractivity contribution in [2.24, 2.45) is 0 Å². The van der Waals surface area contributed by atoms with Gasteiger partial charge in [0.15, 0.2) is 5.82 Å². The fourth-order valence-electron chi connectivity index (χ4n) is 2.33.